The number of carbonyl (C=O) groups is 1. The zero-order valence-electron chi connectivity index (χ0n) is 15.2. The zero-order chi connectivity index (χ0) is 18.9. The molecule has 0 aromatic heterocycles. The van der Waals surface area contributed by atoms with Crippen LogP contribution in [0.25, 0.3) is 0 Å². The lowest BCUT2D eigenvalue weighted by molar-refractivity contribution is -0.131. The Labute approximate surface area is 152 Å². The number of rotatable bonds is 4. The summed E-state index contributed by atoms with van der Waals surface area (Å²) < 4.78 is 0. The minimum Gasteiger partial charge on any atom is -0.506 e. The first-order chi connectivity index (χ1) is 11.7. The van der Waals surface area contributed by atoms with Crippen LogP contribution in [-0.4, -0.2) is 51.7 Å². The number of benzene rings is 1. The summed E-state index contributed by atoms with van der Waals surface area (Å²) in [6.45, 7) is 10.5. The molecular weight excluding hydrogens is 342 g/mol. The van der Waals surface area contributed by atoms with E-state index >= 15 is 0 Å². The fourth-order valence-corrected chi connectivity index (χ4v) is 2.89. The number of nitrogens with two attached hydrogens (primary N) is 1. The molecule has 2 rings (SSSR count). The largest absolute Gasteiger partial charge is 0.506 e. The number of aliphatic imine (C=N–C) groups is 2. The van der Waals surface area contributed by atoms with Gasteiger partial charge in [-0.05, 0) is 46.2 Å². The van der Waals surface area contributed by atoms with Crippen molar-refractivity contribution < 1.29 is 9.90 Å². The van der Waals surface area contributed by atoms with Crippen LogP contribution >= 0.6 is 11.6 Å². The molecule has 8 heteroatoms. The van der Waals surface area contributed by atoms with Crippen molar-refractivity contribution >= 4 is 40.4 Å². The van der Waals surface area contributed by atoms with Gasteiger partial charge in [0.2, 0.25) is 0 Å². The lowest BCUT2D eigenvalue weighted by Gasteiger charge is -2.26. The van der Waals surface area contributed by atoms with Gasteiger partial charge in [0.25, 0.3) is 5.91 Å². The Balaban J connectivity index is 2.66. The second-order valence-electron chi connectivity index (χ2n) is 6.03. The number of nitrogen functional groups attached to an aromatic ring is 1. The second-order valence-corrected chi connectivity index (χ2v) is 6.41. The van der Waals surface area contributed by atoms with Gasteiger partial charge in [0, 0.05) is 19.1 Å². The molecule has 3 N–H and O–H groups in total. The number of hydrogen-bond donors (Lipinski definition) is 2. The number of hydrazine groups is 1. The van der Waals surface area contributed by atoms with E-state index in [0.717, 1.165) is 0 Å². The average Bonchev–Trinajstić information content (AvgIpc) is 2.81. The topological polar surface area (TPSA) is 94.5 Å². The predicted octanol–water partition coefficient (Wildman–Crippen LogP) is 2.91. The van der Waals surface area contributed by atoms with Crippen molar-refractivity contribution in [2.75, 3.05) is 18.8 Å². The molecular formula is C17H24ClN5O2. The summed E-state index contributed by atoms with van der Waals surface area (Å²) in [5, 5.41) is 13.3. The van der Waals surface area contributed by atoms with E-state index in [1.165, 1.54) is 0 Å². The van der Waals surface area contributed by atoms with E-state index in [1.54, 1.807) is 18.0 Å². The van der Waals surface area contributed by atoms with Crippen molar-refractivity contribution in [3.63, 3.8) is 0 Å². The number of phenols is 1. The number of aromatic hydroxyl groups is 1. The van der Waals surface area contributed by atoms with Crippen molar-refractivity contribution in [3.05, 3.63) is 16.7 Å². The molecule has 25 heavy (non-hydrogen) atoms. The van der Waals surface area contributed by atoms with Gasteiger partial charge in [-0.25, -0.2) is 10.0 Å². The molecule has 0 saturated carbocycles. The molecule has 1 aromatic rings. The van der Waals surface area contributed by atoms with Gasteiger partial charge in [0.05, 0.1) is 11.4 Å². The number of nitrogens with zero attached hydrogens (tertiary/aromatic N) is 4. The maximum absolute atomic E-state index is 12.8. The molecule has 1 amide bonds. The standard InChI is InChI=1S/C17H24ClN5O2/c1-6-22-16(20-9(3)4)14(17(25)23(22)7-2)21-11-8-10(5)15(24)12(18)13(11)19/h8-9,24H,6-7,19H2,1-5H3. The van der Waals surface area contributed by atoms with Crippen LogP contribution in [-0.2, 0) is 4.79 Å². The molecule has 7 nitrogen and oxygen atoms in total. The Morgan fingerprint density at radius 3 is 2.40 bits per heavy atom. The molecule has 0 atom stereocenters. The number of halogens is 1. The summed E-state index contributed by atoms with van der Waals surface area (Å²) in [6.07, 6.45) is 0. The zero-order valence-corrected chi connectivity index (χ0v) is 15.9. The van der Waals surface area contributed by atoms with E-state index in [4.69, 9.17) is 17.3 Å². The van der Waals surface area contributed by atoms with Gasteiger partial charge in [0.1, 0.15) is 10.8 Å². The van der Waals surface area contributed by atoms with Crippen molar-refractivity contribution in [1.82, 2.24) is 10.0 Å². The van der Waals surface area contributed by atoms with Gasteiger partial charge in [-0.2, -0.15) is 0 Å². The Kier molecular flexibility index (Phi) is 5.57. The summed E-state index contributed by atoms with van der Waals surface area (Å²) in [5.41, 5.74) is 7.21. The number of hydrogen-bond acceptors (Lipinski definition) is 5. The minimum atomic E-state index is -0.231. The number of phenolic OH excluding ortho intramolecular Hbond substituents is 1. The minimum absolute atomic E-state index is 0.00125. The van der Waals surface area contributed by atoms with E-state index in [9.17, 15) is 9.90 Å². The molecule has 0 aliphatic carbocycles. The third-order valence-electron chi connectivity index (χ3n) is 3.84. The Morgan fingerprint density at radius 1 is 1.28 bits per heavy atom. The fraction of sp³-hybridized carbons (Fsp3) is 0.471. The van der Waals surface area contributed by atoms with Gasteiger partial charge in [-0.15, -0.1) is 0 Å². The number of amidine groups is 1. The molecule has 1 fully saturated rings. The average molecular weight is 366 g/mol. The maximum atomic E-state index is 12.8. The highest BCUT2D eigenvalue weighted by molar-refractivity contribution is 6.69. The fourth-order valence-electron chi connectivity index (χ4n) is 2.65. The van der Waals surface area contributed by atoms with Gasteiger partial charge in [-0.1, -0.05) is 11.6 Å². The highest BCUT2D eigenvalue weighted by atomic mass is 35.5. The first-order valence-electron chi connectivity index (χ1n) is 8.26. The first kappa shape index (κ1) is 19.1. The van der Waals surface area contributed by atoms with E-state index in [1.807, 2.05) is 32.7 Å². The third kappa shape index (κ3) is 3.42. The van der Waals surface area contributed by atoms with Gasteiger partial charge < -0.3 is 10.8 Å². The summed E-state index contributed by atoms with van der Waals surface area (Å²) in [6, 6.07) is 1.61. The van der Waals surface area contributed by atoms with Crippen molar-refractivity contribution in [3.8, 4) is 5.75 Å². The summed E-state index contributed by atoms with van der Waals surface area (Å²) in [5.74, 6) is 0.206. The Bertz CT molecular complexity index is 758. The van der Waals surface area contributed by atoms with Crippen LogP contribution < -0.4 is 5.73 Å². The van der Waals surface area contributed by atoms with E-state index in [0.29, 0.717) is 30.2 Å². The van der Waals surface area contributed by atoms with Crippen LogP contribution in [0.5, 0.6) is 5.75 Å². The lowest BCUT2D eigenvalue weighted by atomic mass is 10.1. The quantitative estimate of drug-likeness (QED) is 0.802. The lowest BCUT2D eigenvalue weighted by Crippen LogP contribution is -2.40. The van der Waals surface area contributed by atoms with Crippen LogP contribution in [0.15, 0.2) is 16.1 Å². The monoisotopic (exact) mass is 365 g/mol. The summed E-state index contributed by atoms with van der Waals surface area (Å²) in [7, 11) is 0. The highest BCUT2D eigenvalue weighted by Crippen LogP contribution is 2.39. The smallest absolute Gasteiger partial charge is 0.294 e. The van der Waals surface area contributed by atoms with E-state index < -0.39 is 0 Å². The van der Waals surface area contributed by atoms with Crippen molar-refractivity contribution in [1.29, 1.82) is 0 Å². The molecule has 0 spiro atoms. The van der Waals surface area contributed by atoms with Crippen molar-refractivity contribution in [2.24, 2.45) is 9.98 Å². The molecule has 1 aromatic carbocycles. The maximum Gasteiger partial charge on any atom is 0.294 e. The van der Waals surface area contributed by atoms with Crippen LogP contribution in [0.3, 0.4) is 0 Å². The van der Waals surface area contributed by atoms with Gasteiger partial charge >= 0.3 is 0 Å². The number of aryl methyl sites for hydroxylation is 1. The number of carbonyl (C=O) groups excluding carboxylic acids is 1. The third-order valence-corrected chi connectivity index (χ3v) is 4.23. The molecule has 0 bridgehead atoms. The first-order valence-corrected chi connectivity index (χ1v) is 8.64. The van der Waals surface area contributed by atoms with E-state index in [2.05, 4.69) is 9.98 Å². The van der Waals surface area contributed by atoms with Gasteiger partial charge in [-0.3, -0.25) is 14.8 Å². The Morgan fingerprint density at radius 2 is 1.88 bits per heavy atom. The summed E-state index contributed by atoms with van der Waals surface area (Å²) in [4.78, 5) is 21.8. The highest BCUT2D eigenvalue weighted by Gasteiger charge is 2.39. The molecule has 1 aliphatic heterocycles. The van der Waals surface area contributed by atoms with Crippen LogP contribution in [0, 0.1) is 6.92 Å². The van der Waals surface area contributed by atoms with Gasteiger partial charge in [0.15, 0.2) is 11.5 Å². The molecule has 136 valence electrons. The molecule has 1 heterocycles. The van der Waals surface area contributed by atoms with Crippen LogP contribution in [0.4, 0.5) is 11.4 Å². The number of amides is 1. The summed E-state index contributed by atoms with van der Waals surface area (Å²) >= 11 is 6.06. The Hall–Kier alpha value is -2.28. The molecule has 1 aliphatic rings. The molecule has 0 unspecified atom stereocenters. The SMILES string of the molecule is CCN1C(=O)C(=Nc2cc(C)c(O)c(Cl)c2N)C(=NC(C)C)N1CC. The second kappa shape index (κ2) is 7.31. The normalized spacial score (nSPS) is 18.3. The molecule has 1 saturated heterocycles. The van der Waals surface area contributed by atoms with Crippen LogP contribution in [0.2, 0.25) is 5.02 Å². The molecule has 0 radical (unpaired) electrons. The predicted molar refractivity (Wildman–Crippen MR) is 102 cm³/mol. The van der Waals surface area contributed by atoms with E-state index in [-0.39, 0.29) is 34.1 Å². The van der Waals surface area contributed by atoms with Crippen molar-refractivity contribution in [2.45, 2.75) is 40.7 Å². The number of anilines is 1. The van der Waals surface area contributed by atoms with Crippen LogP contribution in [0.1, 0.15) is 33.3 Å².